The molecule has 0 rings (SSSR count). The first-order valence-electron chi connectivity index (χ1n) is 5.01. The molecule has 18 heavy (non-hydrogen) atoms. The number of rotatable bonds is 7. The van der Waals surface area contributed by atoms with Gasteiger partial charge in [0, 0.05) is 12.7 Å². The lowest BCUT2D eigenvalue weighted by atomic mass is 10.2. The normalized spacial score (nSPS) is 11.4. The molecule has 0 aliphatic heterocycles. The van der Waals surface area contributed by atoms with Crippen molar-refractivity contribution in [3.63, 3.8) is 0 Å². The van der Waals surface area contributed by atoms with Crippen LogP contribution in [0.2, 0.25) is 0 Å². The van der Waals surface area contributed by atoms with Crippen molar-refractivity contribution in [2.45, 2.75) is 13.0 Å². The third-order valence-electron chi connectivity index (χ3n) is 1.86. The van der Waals surface area contributed by atoms with Crippen LogP contribution >= 0.6 is 12.6 Å². The minimum absolute atomic E-state index is 0.0203. The van der Waals surface area contributed by atoms with Gasteiger partial charge >= 0.3 is 0 Å². The van der Waals surface area contributed by atoms with Gasteiger partial charge in [0.05, 0.1) is 13.1 Å². The molecule has 1 atom stereocenters. The maximum Gasteiger partial charge on any atom is 0.246 e. The van der Waals surface area contributed by atoms with Gasteiger partial charge in [0.2, 0.25) is 23.6 Å². The predicted molar refractivity (Wildman–Crippen MR) is 66.4 cm³/mol. The van der Waals surface area contributed by atoms with E-state index >= 15 is 0 Å². The Morgan fingerprint density at radius 1 is 1.17 bits per heavy atom. The summed E-state index contributed by atoms with van der Waals surface area (Å²) >= 11 is 3.91. The molecule has 0 heterocycles. The molecule has 0 fully saturated rings. The number of nitrogens with zero attached hydrogens (tertiary/aromatic N) is 1. The second-order valence-corrected chi connectivity index (χ2v) is 3.93. The Kier molecular flexibility index (Phi) is 6.79. The smallest absolute Gasteiger partial charge is 0.246 e. The number of hydrogen-bond donors (Lipinski definition) is 4. The van der Waals surface area contributed by atoms with E-state index in [0.717, 1.165) is 4.90 Å². The zero-order valence-corrected chi connectivity index (χ0v) is 10.8. The van der Waals surface area contributed by atoms with Crippen LogP contribution in [0.4, 0.5) is 0 Å². The number of nitrogens with one attached hydrogen (secondary N) is 1. The minimum Gasteiger partial charge on any atom is -0.368 e. The Labute approximate surface area is 109 Å². The molecule has 102 valence electrons. The zero-order valence-electron chi connectivity index (χ0n) is 9.88. The number of carbonyl (C=O) groups is 4. The van der Waals surface area contributed by atoms with Gasteiger partial charge in [-0.2, -0.15) is 12.6 Å². The lowest BCUT2D eigenvalue weighted by molar-refractivity contribution is -0.140. The van der Waals surface area contributed by atoms with Gasteiger partial charge in [0.15, 0.2) is 0 Å². The van der Waals surface area contributed by atoms with Crippen molar-refractivity contribution in [2.75, 3.05) is 18.8 Å². The van der Waals surface area contributed by atoms with Gasteiger partial charge in [-0.25, -0.2) is 0 Å². The van der Waals surface area contributed by atoms with Crippen LogP contribution in [0.3, 0.4) is 0 Å². The van der Waals surface area contributed by atoms with Crippen molar-refractivity contribution < 1.29 is 19.2 Å². The van der Waals surface area contributed by atoms with Crippen molar-refractivity contribution in [3.05, 3.63) is 0 Å². The number of carbonyl (C=O) groups excluding carboxylic acids is 4. The van der Waals surface area contributed by atoms with Gasteiger partial charge in [0.1, 0.15) is 6.04 Å². The molecule has 1 unspecified atom stereocenters. The van der Waals surface area contributed by atoms with Crippen LogP contribution in [0.5, 0.6) is 0 Å². The molecule has 0 bridgehead atoms. The van der Waals surface area contributed by atoms with Crippen molar-refractivity contribution in [2.24, 2.45) is 11.5 Å². The Morgan fingerprint density at radius 2 is 1.61 bits per heavy atom. The predicted octanol–water partition coefficient (Wildman–Crippen LogP) is -2.78. The number of nitrogens with two attached hydrogens (primary N) is 2. The summed E-state index contributed by atoms with van der Waals surface area (Å²) < 4.78 is 0. The summed E-state index contributed by atoms with van der Waals surface area (Å²) in [5.74, 6) is -2.62. The molecule has 0 aromatic heterocycles. The third-order valence-corrected chi connectivity index (χ3v) is 2.23. The van der Waals surface area contributed by atoms with Crippen molar-refractivity contribution >= 4 is 36.3 Å². The maximum atomic E-state index is 11.9. The Balaban J connectivity index is 4.84. The molecule has 8 nitrogen and oxygen atoms in total. The molecule has 0 aliphatic rings. The monoisotopic (exact) mass is 276 g/mol. The highest BCUT2D eigenvalue weighted by atomic mass is 32.1. The summed E-state index contributed by atoms with van der Waals surface area (Å²) in [4.78, 5) is 45.3. The Morgan fingerprint density at radius 3 is 1.89 bits per heavy atom. The summed E-state index contributed by atoms with van der Waals surface area (Å²) in [6.07, 6.45) is 0. The van der Waals surface area contributed by atoms with Crippen molar-refractivity contribution in [1.82, 2.24) is 10.2 Å². The zero-order chi connectivity index (χ0) is 14.3. The highest BCUT2D eigenvalue weighted by Crippen LogP contribution is 1.98. The maximum absolute atomic E-state index is 11.9. The molecule has 0 saturated carbocycles. The van der Waals surface area contributed by atoms with Gasteiger partial charge in [-0.05, 0) is 0 Å². The van der Waals surface area contributed by atoms with E-state index in [2.05, 4.69) is 17.9 Å². The van der Waals surface area contributed by atoms with Crippen LogP contribution in [-0.2, 0) is 19.2 Å². The van der Waals surface area contributed by atoms with E-state index in [9.17, 15) is 19.2 Å². The third kappa shape index (κ3) is 6.09. The van der Waals surface area contributed by atoms with Gasteiger partial charge < -0.3 is 21.7 Å². The second-order valence-electron chi connectivity index (χ2n) is 3.56. The topological polar surface area (TPSA) is 136 Å². The van der Waals surface area contributed by atoms with Crippen LogP contribution in [0.25, 0.3) is 0 Å². The van der Waals surface area contributed by atoms with Gasteiger partial charge in [-0.1, -0.05) is 0 Å². The van der Waals surface area contributed by atoms with E-state index in [1.807, 2.05) is 0 Å². The van der Waals surface area contributed by atoms with E-state index in [1.165, 1.54) is 6.92 Å². The van der Waals surface area contributed by atoms with E-state index in [-0.39, 0.29) is 5.75 Å². The molecular weight excluding hydrogens is 260 g/mol. The molecule has 4 amide bonds. The summed E-state index contributed by atoms with van der Waals surface area (Å²) in [7, 11) is 0. The molecule has 0 aromatic rings. The first kappa shape index (κ1) is 16.2. The van der Waals surface area contributed by atoms with E-state index < -0.39 is 42.8 Å². The van der Waals surface area contributed by atoms with Crippen molar-refractivity contribution in [1.29, 1.82) is 0 Å². The Hall–Kier alpha value is -1.77. The second kappa shape index (κ2) is 7.54. The molecule has 0 spiro atoms. The Bertz CT molecular complexity index is 344. The average Bonchev–Trinajstić information content (AvgIpc) is 2.22. The van der Waals surface area contributed by atoms with Crippen LogP contribution in [0.1, 0.15) is 6.92 Å². The highest BCUT2D eigenvalue weighted by molar-refractivity contribution is 7.80. The molecule has 0 aromatic carbocycles. The van der Waals surface area contributed by atoms with Crippen molar-refractivity contribution in [3.8, 4) is 0 Å². The number of amides is 4. The molecule has 0 saturated heterocycles. The largest absolute Gasteiger partial charge is 0.368 e. The summed E-state index contributed by atoms with van der Waals surface area (Å²) in [6.45, 7) is 0.327. The average molecular weight is 276 g/mol. The number of thiol groups is 1. The summed E-state index contributed by atoms with van der Waals surface area (Å²) in [5.41, 5.74) is 9.92. The summed E-state index contributed by atoms with van der Waals surface area (Å²) in [6, 6.07) is -0.940. The first-order chi connectivity index (χ1) is 8.27. The molecule has 5 N–H and O–H groups in total. The lowest BCUT2D eigenvalue weighted by Crippen LogP contribution is -2.53. The molecule has 0 radical (unpaired) electrons. The van der Waals surface area contributed by atoms with Crippen LogP contribution in [0, 0.1) is 0 Å². The van der Waals surface area contributed by atoms with Gasteiger partial charge in [0.25, 0.3) is 0 Å². The quantitative estimate of drug-likeness (QED) is 0.374. The number of hydrogen-bond acceptors (Lipinski definition) is 5. The van der Waals surface area contributed by atoms with Gasteiger partial charge in [-0.3, -0.25) is 19.2 Å². The van der Waals surface area contributed by atoms with E-state index in [0.29, 0.717) is 0 Å². The fourth-order valence-corrected chi connectivity index (χ4v) is 1.49. The van der Waals surface area contributed by atoms with Crippen LogP contribution < -0.4 is 16.8 Å². The van der Waals surface area contributed by atoms with E-state index in [4.69, 9.17) is 11.5 Å². The fourth-order valence-electron chi connectivity index (χ4n) is 1.24. The molecule has 9 heteroatoms. The fraction of sp³-hybridized carbons (Fsp3) is 0.556. The van der Waals surface area contributed by atoms with Crippen LogP contribution in [0.15, 0.2) is 0 Å². The highest BCUT2D eigenvalue weighted by Gasteiger charge is 2.26. The molecular formula is C9H16N4O4S. The van der Waals surface area contributed by atoms with E-state index in [1.54, 1.807) is 0 Å². The van der Waals surface area contributed by atoms with Crippen LogP contribution in [-0.4, -0.2) is 53.4 Å². The van der Waals surface area contributed by atoms with Gasteiger partial charge in [-0.15, -0.1) is 0 Å². The first-order valence-corrected chi connectivity index (χ1v) is 5.64. The number of primary amides is 2. The SMILES string of the molecule is CC(=O)NC(CS)C(=O)N(CC(N)=O)CC(N)=O. The molecule has 0 aliphatic carbocycles. The lowest BCUT2D eigenvalue weighted by Gasteiger charge is -2.24. The standard InChI is InChI=1S/C9H16N4O4S/c1-5(14)12-6(4-18)9(17)13(2-7(10)15)3-8(11)16/h6,18H,2-4H2,1H3,(H2,10,15)(H2,11,16)(H,12,14). The minimum atomic E-state index is -0.940. The summed E-state index contributed by atoms with van der Waals surface area (Å²) in [5, 5.41) is 2.35.